The maximum atomic E-state index is 11.9. The van der Waals surface area contributed by atoms with Crippen LogP contribution in [-0.4, -0.2) is 37.7 Å². The Bertz CT molecular complexity index is 1050. The van der Waals surface area contributed by atoms with Crippen molar-refractivity contribution in [1.29, 1.82) is 0 Å². The van der Waals surface area contributed by atoms with Crippen LogP contribution in [0.5, 0.6) is 5.75 Å². The quantitative estimate of drug-likeness (QED) is 0.574. The van der Waals surface area contributed by atoms with E-state index in [1.54, 1.807) is 25.1 Å². The highest BCUT2D eigenvalue weighted by Gasteiger charge is 2.10. The molecule has 3 aromatic carbocycles. The van der Waals surface area contributed by atoms with Gasteiger partial charge in [0, 0.05) is 5.69 Å². The number of carbonyl (C=O) groups excluding carboxylic acids is 3. The summed E-state index contributed by atoms with van der Waals surface area (Å²) in [5.74, 6) is -1.05. The lowest BCUT2D eigenvalue weighted by Gasteiger charge is -2.09. The number of rotatable bonds is 8. The van der Waals surface area contributed by atoms with Crippen molar-refractivity contribution in [2.45, 2.75) is 6.92 Å². The number of amides is 1. The Balaban J connectivity index is 1.42. The van der Waals surface area contributed by atoms with Crippen LogP contribution in [0.3, 0.4) is 0 Å². The van der Waals surface area contributed by atoms with E-state index in [9.17, 15) is 14.4 Å². The maximum Gasteiger partial charge on any atom is 0.344 e. The van der Waals surface area contributed by atoms with Gasteiger partial charge in [0.05, 0.1) is 12.2 Å². The first kappa shape index (κ1) is 20.9. The van der Waals surface area contributed by atoms with Crippen molar-refractivity contribution >= 4 is 34.3 Å². The van der Waals surface area contributed by atoms with Gasteiger partial charge in [-0.1, -0.05) is 30.3 Å². The zero-order valence-electron chi connectivity index (χ0n) is 16.4. The molecule has 1 N–H and O–H groups in total. The van der Waals surface area contributed by atoms with Crippen molar-refractivity contribution in [2.24, 2.45) is 0 Å². The number of anilines is 1. The molecule has 0 bridgehead atoms. The molecule has 1 amide bonds. The van der Waals surface area contributed by atoms with Crippen molar-refractivity contribution in [1.82, 2.24) is 0 Å². The van der Waals surface area contributed by atoms with Crippen LogP contribution in [0.4, 0.5) is 5.69 Å². The summed E-state index contributed by atoms with van der Waals surface area (Å²) in [6.07, 6.45) is 0. The van der Waals surface area contributed by atoms with Gasteiger partial charge >= 0.3 is 11.9 Å². The van der Waals surface area contributed by atoms with Gasteiger partial charge in [-0.15, -0.1) is 0 Å². The summed E-state index contributed by atoms with van der Waals surface area (Å²) >= 11 is 0. The monoisotopic (exact) mass is 407 g/mol. The van der Waals surface area contributed by atoms with Crippen LogP contribution in [0.2, 0.25) is 0 Å². The molecule has 0 saturated carbocycles. The standard InChI is InChI=1S/C23H21NO6/c1-2-28-23(27)17-7-10-19(11-8-17)24-21(25)14-30-22(26)15-29-20-12-9-16-5-3-4-6-18(16)13-20/h3-13H,2,14-15H2,1H3,(H,24,25). The molecular weight excluding hydrogens is 386 g/mol. The van der Waals surface area contributed by atoms with E-state index < -0.39 is 24.5 Å². The number of esters is 2. The third-order valence-electron chi connectivity index (χ3n) is 4.12. The first-order valence-electron chi connectivity index (χ1n) is 9.39. The normalized spacial score (nSPS) is 10.3. The van der Waals surface area contributed by atoms with Crippen LogP contribution in [0.25, 0.3) is 10.8 Å². The topological polar surface area (TPSA) is 90.9 Å². The molecule has 0 aromatic heterocycles. The highest BCUT2D eigenvalue weighted by Crippen LogP contribution is 2.20. The first-order chi connectivity index (χ1) is 14.5. The second-order valence-electron chi connectivity index (χ2n) is 6.30. The minimum absolute atomic E-state index is 0.285. The average Bonchev–Trinajstić information content (AvgIpc) is 2.77. The smallest absolute Gasteiger partial charge is 0.344 e. The van der Waals surface area contributed by atoms with Crippen molar-refractivity contribution in [3.63, 3.8) is 0 Å². The zero-order chi connectivity index (χ0) is 21.3. The van der Waals surface area contributed by atoms with Crippen molar-refractivity contribution in [3.8, 4) is 5.75 Å². The van der Waals surface area contributed by atoms with Crippen LogP contribution in [0.1, 0.15) is 17.3 Å². The second-order valence-corrected chi connectivity index (χ2v) is 6.30. The highest BCUT2D eigenvalue weighted by atomic mass is 16.6. The minimum Gasteiger partial charge on any atom is -0.482 e. The Morgan fingerprint density at radius 3 is 2.30 bits per heavy atom. The van der Waals surface area contributed by atoms with Gasteiger partial charge in [-0.3, -0.25) is 4.79 Å². The molecule has 0 aliphatic carbocycles. The lowest BCUT2D eigenvalue weighted by Crippen LogP contribution is -2.23. The molecule has 0 atom stereocenters. The Hall–Kier alpha value is -3.87. The average molecular weight is 407 g/mol. The molecule has 0 heterocycles. The Morgan fingerprint density at radius 2 is 1.57 bits per heavy atom. The molecule has 0 spiro atoms. The lowest BCUT2D eigenvalue weighted by molar-refractivity contribution is -0.149. The summed E-state index contributed by atoms with van der Waals surface area (Å²) in [6.45, 7) is 1.26. The van der Waals surface area contributed by atoms with Crippen LogP contribution >= 0.6 is 0 Å². The summed E-state index contributed by atoms with van der Waals surface area (Å²) in [4.78, 5) is 35.4. The summed E-state index contributed by atoms with van der Waals surface area (Å²) in [5, 5.41) is 4.65. The molecule has 3 aromatic rings. The highest BCUT2D eigenvalue weighted by molar-refractivity contribution is 5.94. The fourth-order valence-electron chi connectivity index (χ4n) is 2.69. The van der Waals surface area contributed by atoms with Gasteiger partial charge in [0.15, 0.2) is 13.2 Å². The molecule has 0 saturated heterocycles. The Morgan fingerprint density at radius 1 is 0.833 bits per heavy atom. The van der Waals surface area contributed by atoms with Crippen LogP contribution in [-0.2, 0) is 19.1 Å². The molecule has 154 valence electrons. The number of carbonyl (C=O) groups is 3. The zero-order valence-corrected chi connectivity index (χ0v) is 16.4. The fourth-order valence-corrected chi connectivity index (χ4v) is 2.69. The van der Waals surface area contributed by atoms with Crippen molar-refractivity contribution in [3.05, 3.63) is 72.3 Å². The third-order valence-corrected chi connectivity index (χ3v) is 4.12. The maximum absolute atomic E-state index is 11.9. The molecule has 7 nitrogen and oxygen atoms in total. The number of hydrogen-bond acceptors (Lipinski definition) is 6. The van der Waals surface area contributed by atoms with E-state index >= 15 is 0 Å². The number of fused-ring (bicyclic) bond motifs is 1. The lowest BCUT2D eigenvalue weighted by atomic mass is 10.1. The van der Waals surface area contributed by atoms with Crippen molar-refractivity contribution < 1.29 is 28.6 Å². The van der Waals surface area contributed by atoms with Crippen LogP contribution in [0.15, 0.2) is 66.7 Å². The molecule has 0 fully saturated rings. The second kappa shape index (κ2) is 10.1. The van der Waals surface area contributed by atoms with Gasteiger partial charge in [-0.25, -0.2) is 9.59 Å². The van der Waals surface area contributed by atoms with E-state index in [1.165, 1.54) is 12.1 Å². The van der Waals surface area contributed by atoms with E-state index in [4.69, 9.17) is 14.2 Å². The number of benzene rings is 3. The predicted molar refractivity (Wildman–Crippen MR) is 111 cm³/mol. The molecule has 3 rings (SSSR count). The van der Waals surface area contributed by atoms with E-state index in [-0.39, 0.29) is 13.2 Å². The predicted octanol–water partition coefficient (Wildman–Crippen LogP) is 3.58. The number of nitrogens with one attached hydrogen (secondary N) is 1. The van der Waals surface area contributed by atoms with E-state index in [0.29, 0.717) is 17.0 Å². The van der Waals surface area contributed by atoms with E-state index in [2.05, 4.69) is 5.32 Å². The van der Waals surface area contributed by atoms with Gasteiger partial charge in [-0.2, -0.15) is 0 Å². The summed E-state index contributed by atoms with van der Waals surface area (Å²) in [6, 6.07) is 19.5. The van der Waals surface area contributed by atoms with Gasteiger partial charge in [0.25, 0.3) is 5.91 Å². The largest absolute Gasteiger partial charge is 0.482 e. The molecular formula is C23H21NO6. The van der Waals surface area contributed by atoms with Gasteiger partial charge in [0.1, 0.15) is 5.75 Å². The van der Waals surface area contributed by atoms with E-state index in [1.807, 2.05) is 36.4 Å². The van der Waals surface area contributed by atoms with Gasteiger partial charge in [0.2, 0.25) is 0 Å². The molecule has 0 unspecified atom stereocenters. The molecule has 0 aliphatic heterocycles. The van der Waals surface area contributed by atoms with Gasteiger partial charge < -0.3 is 19.5 Å². The fraction of sp³-hybridized carbons (Fsp3) is 0.174. The number of hydrogen-bond donors (Lipinski definition) is 1. The third kappa shape index (κ3) is 5.81. The summed E-state index contributed by atoms with van der Waals surface area (Å²) in [5.41, 5.74) is 0.851. The van der Waals surface area contributed by atoms with Gasteiger partial charge in [-0.05, 0) is 54.1 Å². The first-order valence-corrected chi connectivity index (χ1v) is 9.39. The Labute approximate surface area is 173 Å². The molecule has 0 radical (unpaired) electrons. The number of ether oxygens (including phenoxy) is 3. The van der Waals surface area contributed by atoms with Crippen LogP contribution in [0, 0.1) is 0 Å². The SMILES string of the molecule is CCOC(=O)c1ccc(NC(=O)COC(=O)COc2ccc3ccccc3c2)cc1. The van der Waals surface area contributed by atoms with Crippen LogP contribution < -0.4 is 10.1 Å². The molecule has 0 aliphatic rings. The molecule has 7 heteroatoms. The Kier molecular flexibility index (Phi) is 7.00. The summed E-state index contributed by atoms with van der Waals surface area (Å²) < 4.78 is 15.3. The summed E-state index contributed by atoms with van der Waals surface area (Å²) in [7, 11) is 0. The van der Waals surface area contributed by atoms with Crippen molar-refractivity contribution in [2.75, 3.05) is 25.1 Å². The minimum atomic E-state index is -0.657. The van der Waals surface area contributed by atoms with E-state index in [0.717, 1.165) is 10.8 Å². The molecule has 30 heavy (non-hydrogen) atoms.